The molecular weight excluding hydrogens is 337 g/mol. The zero-order valence-electron chi connectivity index (χ0n) is 12.8. The highest BCUT2D eigenvalue weighted by molar-refractivity contribution is 6.03. The molecule has 0 bridgehead atoms. The van der Waals surface area contributed by atoms with Crippen LogP contribution < -0.4 is 11.1 Å². The van der Waals surface area contributed by atoms with Crippen LogP contribution in [0.1, 0.15) is 28.5 Å². The van der Waals surface area contributed by atoms with E-state index in [0.717, 1.165) is 12.3 Å². The van der Waals surface area contributed by atoms with E-state index in [0.29, 0.717) is 19.1 Å². The maximum Gasteiger partial charge on any atom is 0.282 e. The van der Waals surface area contributed by atoms with Crippen LogP contribution >= 0.6 is 0 Å². The zero-order valence-corrected chi connectivity index (χ0v) is 12.8. The molecule has 0 saturated heterocycles. The Morgan fingerprint density at radius 3 is 2.76 bits per heavy atom. The number of rotatable bonds is 3. The first kappa shape index (κ1) is 16.7. The Labute approximate surface area is 140 Å². The second kappa shape index (κ2) is 6.80. The van der Waals surface area contributed by atoms with Crippen molar-refractivity contribution in [3.63, 3.8) is 0 Å². The number of anilines is 1. The molecule has 1 aliphatic heterocycles. The van der Waals surface area contributed by atoms with Gasteiger partial charge in [-0.2, -0.15) is 0 Å². The molecule has 1 aliphatic rings. The van der Waals surface area contributed by atoms with Crippen LogP contribution in [0.25, 0.3) is 0 Å². The largest absolute Gasteiger partial charge is 0.465 e. The third-order valence-electron chi connectivity index (χ3n) is 3.56. The molecule has 6 nitrogen and oxygen atoms in total. The fraction of sp³-hybridized carbons (Fsp3) is 0.188. The van der Waals surface area contributed by atoms with Gasteiger partial charge >= 0.3 is 0 Å². The number of halogens is 3. The number of aromatic nitrogens is 1. The monoisotopic (exact) mass is 350 g/mol. The van der Waals surface area contributed by atoms with Gasteiger partial charge in [-0.3, -0.25) is 4.79 Å². The van der Waals surface area contributed by atoms with Crippen molar-refractivity contribution in [3.8, 4) is 0 Å². The molecule has 1 unspecified atom stereocenters. The van der Waals surface area contributed by atoms with Gasteiger partial charge in [0.2, 0.25) is 0 Å². The lowest BCUT2D eigenvalue weighted by Crippen LogP contribution is -2.24. The second-order valence-electron chi connectivity index (χ2n) is 5.29. The van der Waals surface area contributed by atoms with Crippen LogP contribution in [0.4, 0.5) is 18.9 Å². The first-order chi connectivity index (χ1) is 11.9. The Hall–Kier alpha value is -3.10. The van der Waals surface area contributed by atoms with E-state index in [2.05, 4.69) is 15.3 Å². The maximum atomic E-state index is 14.1. The molecule has 1 atom stereocenters. The highest BCUT2D eigenvalue weighted by Crippen LogP contribution is 2.29. The number of carbonyl (C=O) groups excluding carboxylic acids is 1. The molecule has 1 aromatic carbocycles. The first-order valence-electron chi connectivity index (χ1n) is 7.32. The van der Waals surface area contributed by atoms with Crippen molar-refractivity contribution in [3.05, 3.63) is 59.2 Å². The van der Waals surface area contributed by atoms with Gasteiger partial charge in [-0.15, -0.1) is 0 Å². The Kier molecular flexibility index (Phi) is 4.55. The summed E-state index contributed by atoms with van der Waals surface area (Å²) in [7, 11) is 0. The van der Waals surface area contributed by atoms with Crippen LogP contribution in [0.15, 0.2) is 35.5 Å². The number of carbonyl (C=O) groups is 1. The summed E-state index contributed by atoms with van der Waals surface area (Å²) in [6.45, 7) is 0.292. The summed E-state index contributed by atoms with van der Waals surface area (Å²) in [5.74, 6) is -3.40. The van der Waals surface area contributed by atoms with Crippen LogP contribution in [-0.2, 0) is 4.74 Å². The Morgan fingerprint density at radius 1 is 1.24 bits per heavy atom. The third kappa shape index (κ3) is 3.70. The van der Waals surface area contributed by atoms with Crippen molar-refractivity contribution in [1.82, 2.24) is 4.98 Å². The molecular formula is C16H13F3N4O2. The molecule has 0 saturated carbocycles. The summed E-state index contributed by atoms with van der Waals surface area (Å²) in [5, 5.41) is 2.39. The summed E-state index contributed by atoms with van der Waals surface area (Å²) in [4.78, 5) is 19.5. The summed E-state index contributed by atoms with van der Waals surface area (Å²) >= 11 is 0. The minimum Gasteiger partial charge on any atom is -0.465 e. The summed E-state index contributed by atoms with van der Waals surface area (Å²) < 4.78 is 45.5. The fourth-order valence-electron chi connectivity index (χ4n) is 2.40. The van der Waals surface area contributed by atoms with Crippen LogP contribution in [0.2, 0.25) is 0 Å². The molecule has 25 heavy (non-hydrogen) atoms. The lowest BCUT2D eigenvalue weighted by atomic mass is 10.0. The number of nitrogens with zero attached hydrogens (tertiary/aromatic N) is 2. The second-order valence-corrected chi connectivity index (χ2v) is 5.29. The average Bonchev–Trinajstić information content (AvgIpc) is 2.56. The maximum absolute atomic E-state index is 14.1. The molecule has 3 N–H and O–H groups in total. The number of nitrogens with one attached hydrogen (secondary N) is 1. The predicted molar refractivity (Wildman–Crippen MR) is 83.4 cm³/mol. The summed E-state index contributed by atoms with van der Waals surface area (Å²) in [6, 6.07) is 3.80. The van der Waals surface area contributed by atoms with Gasteiger partial charge in [-0.05, 0) is 18.2 Å². The number of hydrogen-bond acceptors (Lipinski definition) is 5. The first-order valence-corrected chi connectivity index (χ1v) is 7.32. The Morgan fingerprint density at radius 2 is 2.04 bits per heavy atom. The Balaban J connectivity index is 1.85. The van der Waals surface area contributed by atoms with Gasteiger partial charge in [-0.1, -0.05) is 0 Å². The van der Waals surface area contributed by atoms with E-state index in [-0.39, 0.29) is 17.3 Å². The van der Waals surface area contributed by atoms with E-state index in [1.165, 1.54) is 12.1 Å². The topological polar surface area (TPSA) is 89.6 Å². The number of nitrogens with two attached hydrogens (primary N) is 1. The van der Waals surface area contributed by atoms with Crippen molar-refractivity contribution >= 4 is 17.6 Å². The van der Waals surface area contributed by atoms with Crippen molar-refractivity contribution in [1.29, 1.82) is 0 Å². The number of amidine groups is 1. The fourth-order valence-corrected chi connectivity index (χ4v) is 2.40. The zero-order chi connectivity index (χ0) is 18.0. The number of aliphatic imine (C=N–C) groups is 1. The molecule has 0 aliphatic carbocycles. The number of amides is 1. The minimum absolute atomic E-state index is 0.0392. The van der Waals surface area contributed by atoms with E-state index in [4.69, 9.17) is 10.5 Å². The molecule has 130 valence electrons. The lowest BCUT2D eigenvalue weighted by molar-refractivity contribution is 0.101. The summed E-state index contributed by atoms with van der Waals surface area (Å²) in [5.41, 5.74) is 5.36. The lowest BCUT2D eigenvalue weighted by Gasteiger charge is -2.20. The van der Waals surface area contributed by atoms with E-state index < -0.39 is 35.1 Å². The third-order valence-corrected chi connectivity index (χ3v) is 3.56. The number of benzene rings is 1. The minimum atomic E-state index is -1.10. The molecule has 0 fully saturated rings. The van der Waals surface area contributed by atoms with Gasteiger partial charge in [0, 0.05) is 23.7 Å². The van der Waals surface area contributed by atoms with E-state index in [1.54, 1.807) is 0 Å². The normalized spacial score (nSPS) is 16.8. The van der Waals surface area contributed by atoms with Gasteiger partial charge in [0.25, 0.3) is 11.9 Å². The molecule has 2 heterocycles. The highest BCUT2D eigenvalue weighted by atomic mass is 19.1. The Bertz CT molecular complexity index is 857. The van der Waals surface area contributed by atoms with E-state index in [1.807, 2.05) is 0 Å². The molecule has 2 aromatic rings. The van der Waals surface area contributed by atoms with Gasteiger partial charge in [-0.25, -0.2) is 23.1 Å². The summed E-state index contributed by atoms with van der Waals surface area (Å²) in [6.07, 6.45) is 1.15. The average molecular weight is 350 g/mol. The smallest absolute Gasteiger partial charge is 0.282 e. The van der Waals surface area contributed by atoms with Gasteiger partial charge in [0.1, 0.15) is 11.6 Å². The van der Waals surface area contributed by atoms with Crippen molar-refractivity contribution < 1.29 is 22.7 Å². The molecule has 1 aromatic heterocycles. The van der Waals surface area contributed by atoms with Crippen molar-refractivity contribution in [2.24, 2.45) is 10.7 Å². The van der Waals surface area contributed by atoms with E-state index >= 15 is 0 Å². The predicted octanol–water partition coefficient (Wildman–Crippen LogP) is 2.53. The van der Waals surface area contributed by atoms with Crippen LogP contribution in [0.5, 0.6) is 0 Å². The number of ether oxygens (including phenoxy) is 1. The van der Waals surface area contributed by atoms with Crippen molar-refractivity contribution in [2.75, 3.05) is 11.9 Å². The SMILES string of the molecule is NC1=NC(c2cc(NC(=O)c3ncc(F)cc3F)ccc2F)CCO1. The number of hydrogen-bond donors (Lipinski definition) is 2. The van der Waals surface area contributed by atoms with Gasteiger partial charge in [0.05, 0.1) is 18.8 Å². The molecule has 0 radical (unpaired) electrons. The highest BCUT2D eigenvalue weighted by Gasteiger charge is 2.21. The molecule has 3 rings (SSSR count). The van der Waals surface area contributed by atoms with Gasteiger partial charge < -0.3 is 15.8 Å². The van der Waals surface area contributed by atoms with Crippen LogP contribution in [-0.4, -0.2) is 23.5 Å². The van der Waals surface area contributed by atoms with Crippen molar-refractivity contribution in [2.45, 2.75) is 12.5 Å². The molecule has 0 spiro atoms. The van der Waals surface area contributed by atoms with Gasteiger partial charge in [0.15, 0.2) is 11.5 Å². The van der Waals surface area contributed by atoms with Crippen LogP contribution in [0, 0.1) is 17.5 Å². The molecule has 1 amide bonds. The quantitative estimate of drug-likeness (QED) is 0.890. The molecule has 9 heteroatoms. The van der Waals surface area contributed by atoms with Crippen LogP contribution in [0.3, 0.4) is 0 Å². The standard InChI is InChI=1S/C16H13F3N4O2/c17-8-5-12(19)14(21-7-8)15(24)22-9-1-2-11(18)10(6-9)13-3-4-25-16(20)23-13/h1-2,5-7,13H,3-4H2,(H2,20,23)(H,22,24). The van der Waals surface area contributed by atoms with E-state index in [9.17, 15) is 18.0 Å². The number of pyridine rings is 1.